The maximum Gasteiger partial charge on any atom is 0.253 e. The summed E-state index contributed by atoms with van der Waals surface area (Å²) < 4.78 is 1.10. The topological polar surface area (TPSA) is 49.4 Å². The number of nitrogens with zero attached hydrogens (tertiary/aromatic N) is 1. The zero-order valence-corrected chi connectivity index (χ0v) is 13.4. The highest BCUT2D eigenvalue weighted by atomic mass is 127. The zero-order valence-electron chi connectivity index (χ0n) is 11.2. The van der Waals surface area contributed by atoms with Gasteiger partial charge in [-0.25, -0.2) is 0 Å². The lowest BCUT2D eigenvalue weighted by atomic mass is 9.92. The van der Waals surface area contributed by atoms with Gasteiger partial charge in [0.15, 0.2) is 0 Å². The van der Waals surface area contributed by atoms with Crippen LogP contribution in [0.1, 0.15) is 27.2 Å². The van der Waals surface area contributed by atoms with Gasteiger partial charge in [-0.1, -0.05) is 6.92 Å². The number of carbonyl (C=O) groups is 2. The fourth-order valence-corrected chi connectivity index (χ4v) is 2.53. The first kappa shape index (κ1) is 14.3. The fraction of sp³-hybridized carbons (Fsp3) is 0.429. The van der Waals surface area contributed by atoms with Crippen molar-refractivity contribution >= 4 is 40.1 Å². The van der Waals surface area contributed by atoms with Crippen molar-refractivity contribution < 1.29 is 9.59 Å². The predicted molar refractivity (Wildman–Crippen MR) is 82.9 cm³/mol. The molecule has 2 atom stereocenters. The van der Waals surface area contributed by atoms with E-state index < -0.39 is 11.6 Å². The van der Waals surface area contributed by atoms with Gasteiger partial charge in [-0.3, -0.25) is 14.5 Å². The molecule has 1 aromatic carbocycles. The lowest BCUT2D eigenvalue weighted by Gasteiger charge is -2.42. The van der Waals surface area contributed by atoms with E-state index in [1.54, 1.807) is 18.7 Å². The summed E-state index contributed by atoms with van der Waals surface area (Å²) in [7, 11) is 0. The highest BCUT2D eigenvalue weighted by Crippen LogP contribution is 2.27. The summed E-state index contributed by atoms with van der Waals surface area (Å²) in [6.45, 7) is 5.43. The Morgan fingerprint density at radius 3 is 2.42 bits per heavy atom. The number of rotatable bonds is 2. The van der Waals surface area contributed by atoms with Crippen LogP contribution in [0.3, 0.4) is 0 Å². The van der Waals surface area contributed by atoms with Crippen molar-refractivity contribution in [3.8, 4) is 0 Å². The highest BCUT2D eigenvalue weighted by Gasteiger charge is 2.45. The number of carbonyl (C=O) groups excluding carboxylic acids is 2. The Morgan fingerprint density at radius 1 is 1.32 bits per heavy atom. The second-order valence-corrected chi connectivity index (χ2v) is 6.25. The van der Waals surface area contributed by atoms with Crippen LogP contribution in [0.25, 0.3) is 0 Å². The van der Waals surface area contributed by atoms with Gasteiger partial charge in [0.1, 0.15) is 11.6 Å². The fourth-order valence-electron chi connectivity index (χ4n) is 2.17. The molecule has 2 rings (SSSR count). The molecule has 0 aromatic heterocycles. The third kappa shape index (κ3) is 2.48. The third-order valence-corrected chi connectivity index (χ3v) is 4.39. The molecule has 1 N–H and O–H groups in total. The van der Waals surface area contributed by atoms with Crippen LogP contribution in [-0.2, 0) is 9.59 Å². The van der Waals surface area contributed by atoms with Crippen LogP contribution in [0.5, 0.6) is 0 Å². The van der Waals surface area contributed by atoms with E-state index in [0.717, 1.165) is 9.26 Å². The van der Waals surface area contributed by atoms with Gasteiger partial charge in [0.25, 0.3) is 5.91 Å². The number of hydrogen-bond donors (Lipinski definition) is 1. The van der Waals surface area contributed by atoms with Gasteiger partial charge in [-0.05, 0) is 67.1 Å². The Balaban J connectivity index is 2.43. The number of hydrogen-bond acceptors (Lipinski definition) is 2. The van der Waals surface area contributed by atoms with Crippen LogP contribution in [-0.4, -0.2) is 23.4 Å². The van der Waals surface area contributed by atoms with Crippen molar-refractivity contribution in [1.29, 1.82) is 0 Å². The third-order valence-electron chi connectivity index (χ3n) is 3.67. The van der Waals surface area contributed by atoms with Crippen LogP contribution < -0.4 is 10.2 Å². The quantitative estimate of drug-likeness (QED) is 0.811. The standard InChI is InChI=1S/C14H17IN2O2/c1-4-14(3)13(19)17(9(2)12(18)16-14)11-7-5-10(15)6-8-11/h5-9H,4H2,1-3H3,(H,16,18). The summed E-state index contributed by atoms with van der Waals surface area (Å²) in [6, 6.07) is 7.15. The normalized spacial score (nSPS) is 27.4. The largest absolute Gasteiger partial charge is 0.340 e. The molecule has 1 aromatic rings. The summed E-state index contributed by atoms with van der Waals surface area (Å²) >= 11 is 2.21. The monoisotopic (exact) mass is 372 g/mol. The molecule has 0 radical (unpaired) electrons. The number of piperazine rings is 1. The number of nitrogens with one attached hydrogen (secondary N) is 1. The molecule has 0 aliphatic carbocycles. The molecule has 4 nitrogen and oxygen atoms in total. The van der Waals surface area contributed by atoms with Gasteiger partial charge in [0, 0.05) is 9.26 Å². The molecular weight excluding hydrogens is 355 g/mol. The van der Waals surface area contributed by atoms with E-state index >= 15 is 0 Å². The van der Waals surface area contributed by atoms with E-state index in [9.17, 15) is 9.59 Å². The molecule has 0 bridgehead atoms. The van der Waals surface area contributed by atoms with Crippen LogP contribution in [0.15, 0.2) is 24.3 Å². The molecule has 5 heteroatoms. The summed E-state index contributed by atoms with van der Waals surface area (Å²) in [5.74, 6) is -0.161. The van der Waals surface area contributed by atoms with Crippen LogP contribution in [0.4, 0.5) is 5.69 Å². The molecule has 2 amide bonds. The lowest BCUT2D eigenvalue weighted by molar-refractivity contribution is -0.137. The van der Waals surface area contributed by atoms with Gasteiger partial charge >= 0.3 is 0 Å². The summed E-state index contributed by atoms with van der Waals surface area (Å²) in [5, 5.41) is 2.82. The first-order valence-electron chi connectivity index (χ1n) is 6.30. The molecule has 0 spiro atoms. The minimum absolute atomic E-state index is 0.0525. The maximum atomic E-state index is 12.6. The second-order valence-electron chi connectivity index (χ2n) is 5.00. The van der Waals surface area contributed by atoms with E-state index in [0.29, 0.717) is 6.42 Å². The van der Waals surface area contributed by atoms with Crippen molar-refractivity contribution in [2.24, 2.45) is 0 Å². The van der Waals surface area contributed by atoms with Crippen molar-refractivity contribution in [2.75, 3.05) is 4.90 Å². The summed E-state index contributed by atoms with van der Waals surface area (Å²) in [4.78, 5) is 26.3. The Kier molecular flexibility index (Phi) is 3.85. The van der Waals surface area contributed by atoms with E-state index in [2.05, 4.69) is 27.9 Å². The minimum atomic E-state index is -0.813. The molecule has 1 heterocycles. The van der Waals surface area contributed by atoms with E-state index in [-0.39, 0.29) is 11.8 Å². The van der Waals surface area contributed by atoms with Crippen LogP contribution >= 0.6 is 22.6 Å². The average Bonchev–Trinajstić information content (AvgIpc) is 2.39. The number of amides is 2. The van der Waals surface area contributed by atoms with E-state index in [4.69, 9.17) is 0 Å². The molecule has 2 unspecified atom stereocenters. The molecule has 1 fully saturated rings. The molecule has 1 aliphatic rings. The molecular formula is C14H17IN2O2. The average molecular weight is 372 g/mol. The van der Waals surface area contributed by atoms with Gasteiger partial charge in [0.2, 0.25) is 5.91 Å². The van der Waals surface area contributed by atoms with Crippen molar-refractivity contribution in [3.05, 3.63) is 27.8 Å². The lowest BCUT2D eigenvalue weighted by Crippen LogP contribution is -2.68. The van der Waals surface area contributed by atoms with Gasteiger partial charge in [0.05, 0.1) is 0 Å². The minimum Gasteiger partial charge on any atom is -0.340 e. The van der Waals surface area contributed by atoms with Crippen molar-refractivity contribution in [3.63, 3.8) is 0 Å². The van der Waals surface area contributed by atoms with E-state index in [1.165, 1.54) is 0 Å². The Bertz CT molecular complexity index is 515. The first-order valence-corrected chi connectivity index (χ1v) is 7.38. The SMILES string of the molecule is CCC1(C)NC(=O)C(C)N(c2ccc(I)cc2)C1=O. The summed E-state index contributed by atoms with van der Waals surface area (Å²) in [5.41, 5.74) is -0.0421. The molecule has 1 saturated heterocycles. The zero-order chi connectivity index (χ0) is 14.2. The van der Waals surface area contributed by atoms with Crippen LogP contribution in [0.2, 0.25) is 0 Å². The number of anilines is 1. The molecule has 102 valence electrons. The predicted octanol–water partition coefficient (Wildman–Crippen LogP) is 2.31. The Labute approximate surface area is 126 Å². The molecule has 1 aliphatic heterocycles. The van der Waals surface area contributed by atoms with Crippen molar-refractivity contribution in [1.82, 2.24) is 5.32 Å². The van der Waals surface area contributed by atoms with Gasteiger partial charge in [-0.2, -0.15) is 0 Å². The molecule has 0 saturated carbocycles. The Hall–Kier alpha value is -1.11. The smallest absolute Gasteiger partial charge is 0.253 e. The van der Waals surface area contributed by atoms with E-state index in [1.807, 2.05) is 31.2 Å². The van der Waals surface area contributed by atoms with Crippen LogP contribution in [0, 0.1) is 3.57 Å². The Morgan fingerprint density at radius 2 is 1.89 bits per heavy atom. The van der Waals surface area contributed by atoms with Gasteiger partial charge < -0.3 is 5.32 Å². The van der Waals surface area contributed by atoms with Gasteiger partial charge in [-0.15, -0.1) is 0 Å². The molecule has 19 heavy (non-hydrogen) atoms. The maximum absolute atomic E-state index is 12.6. The summed E-state index contributed by atoms with van der Waals surface area (Å²) in [6.07, 6.45) is 0.575. The van der Waals surface area contributed by atoms with Crippen molar-refractivity contribution in [2.45, 2.75) is 38.8 Å². The number of benzene rings is 1. The second kappa shape index (κ2) is 5.11. The highest BCUT2D eigenvalue weighted by molar-refractivity contribution is 14.1. The first-order chi connectivity index (χ1) is 8.89. The number of halogens is 1.